The summed E-state index contributed by atoms with van der Waals surface area (Å²) in [6.45, 7) is 4.72. The molecule has 1 saturated heterocycles. The predicted octanol–water partition coefficient (Wildman–Crippen LogP) is 2.77. The zero-order chi connectivity index (χ0) is 21.3. The summed E-state index contributed by atoms with van der Waals surface area (Å²) in [5.74, 6) is 1.59. The van der Waals surface area contributed by atoms with Crippen molar-refractivity contribution < 1.29 is 24.1 Å². The van der Waals surface area contributed by atoms with Crippen LogP contribution in [0.15, 0.2) is 36.1 Å². The number of phenolic OH excluding ortho intramolecular Hbond substituents is 1. The van der Waals surface area contributed by atoms with Crippen LogP contribution < -0.4 is 14.2 Å². The summed E-state index contributed by atoms with van der Waals surface area (Å²) in [7, 11) is 5.17. The molecule has 30 heavy (non-hydrogen) atoms. The third-order valence-corrected chi connectivity index (χ3v) is 5.57. The molecule has 2 aliphatic rings. The van der Waals surface area contributed by atoms with Crippen molar-refractivity contribution in [2.45, 2.75) is 6.54 Å². The number of Topliss-reactive ketones (excluding diaryl/α,β-unsaturated/α-hetero) is 1. The molecule has 2 aromatic rings. The van der Waals surface area contributed by atoms with Crippen molar-refractivity contribution in [3.05, 3.63) is 52.8 Å². The number of hydrogen-bond donors (Lipinski definition) is 1. The lowest BCUT2D eigenvalue weighted by Crippen LogP contribution is -2.43. The van der Waals surface area contributed by atoms with E-state index in [1.54, 1.807) is 24.3 Å². The second-order valence-electron chi connectivity index (χ2n) is 7.61. The van der Waals surface area contributed by atoms with Crippen molar-refractivity contribution in [3.8, 4) is 23.0 Å². The lowest BCUT2D eigenvalue weighted by atomic mass is 10.1. The van der Waals surface area contributed by atoms with Crippen molar-refractivity contribution in [2.24, 2.45) is 0 Å². The highest BCUT2D eigenvalue weighted by molar-refractivity contribution is 6.14. The Balaban J connectivity index is 1.52. The molecule has 0 atom stereocenters. The van der Waals surface area contributed by atoms with E-state index in [2.05, 4.69) is 16.8 Å². The molecule has 0 radical (unpaired) electrons. The molecule has 2 aromatic carbocycles. The van der Waals surface area contributed by atoms with E-state index in [-0.39, 0.29) is 17.3 Å². The molecule has 7 heteroatoms. The third-order valence-electron chi connectivity index (χ3n) is 5.57. The normalized spacial score (nSPS) is 18.4. The first-order valence-electron chi connectivity index (χ1n) is 9.91. The zero-order valence-electron chi connectivity index (χ0n) is 17.5. The van der Waals surface area contributed by atoms with E-state index in [0.717, 1.165) is 31.7 Å². The second kappa shape index (κ2) is 8.38. The Morgan fingerprint density at radius 2 is 1.77 bits per heavy atom. The van der Waals surface area contributed by atoms with E-state index in [1.807, 2.05) is 12.1 Å². The van der Waals surface area contributed by atoms with E-state index in [4.69, 9.17) is 14.2 Å². The lowest BCUT2D eigenvalue weighted by Gasteiger charge is -2.32. The van der Waals surface area contributed by atoms with Crippen LogP contribution in [0.4, 0.5) is 0 Å². The molecule has 0 spiro atoms. The first-order valence-corrected chi connectivity index (χ1v) is 9.91. The fourth-order valence-corrected chi connectivity index (χ4v) is 3.72. The Kier molecular flexibility index (Phi) is 5.65. The molecule has 4 rings (SSSR count). The van der Waals surface area contributed by atoms with Crippen LogP contribution in [0.5, 0.6) is 23.0 Å². The van der Waals surface area contributed by atoms with Gasteiger partial charge in [-0.15, -0.1) is 0 Å². The van der Waals surface area contributed by atoms with Crippen molar-refractivity contribution in [1.29, 1.82) is 0 Å². The van der Waals surface area contributed by atoms with E-state index >= 15 is 0 Å². The van der Waals surface area contributed by atoms with Gasteiger partial charge in [0.25, 0.3) is 0 Å². The summed E-state index contributed by atoms with van der Waals surface area (Å²) in [5.41, 5.74) is 2.00. The number of aromatic hydroxyl groups is 1. The van der Waals surface area contributed by atoms with Gasteiger partial charge in [-0.05, 0) is 30.8 Å². The van der Waals surface area contributed by atoms with Crippen LogP contribution >= 0.6 is 0 Å². The Bertz CT molecular complexity index is 993. The first kappa shape index (κ1) is 20.3. The minimum absolute atomic E-state index is 0.200. The van der Waals surface area contributed by atoms with Crippen LogP contribution in [-0.4, -0.2) is 68.1 Å². The zero-order valence-corrected chi connectivity index (χ0v) is 17.5. The number of carbonyl (C=O) groups excluding carboxylic acids is 1. The fraction of sp³-hybridized carbons (Fsp3) is 0.348. The van der Waals surface area contributed by atoms with Crippen LogP contribution in [0.2, 0.25) is 0 Å². The number of fused-ring (bicyclic) bond motifs is 1. The van der Waals surface area contributed by atoms with Gasteiger partial charge in [0.15, 0.2) is 17.3 Å². The molecule has 7 nitrogen and oxygen atoms in total. The molecule has 0 unspecified atom stereocenters. The molecular weight excluding hydrogens is 384 g/mol. The highest BCUT2D eigenvalue weighted by Gasteiger charge is 2.29. The quantitative estimate of drug-likeness (QED) is 0.760. The maximum Gasteiger partial charge on any atom is 0.232 e. The number of nitrogens with zero attached hydrogens (tertiary/aromatic N) is 2. The Morgan fingerprint density at radius 3 is 2.43 bits per heavy atom. The summed E-state index contributed by atoms with van der Waals surface area (Å²) in [5, 5.41) is 10.5. The molecule has 2 aliphatic heterocycles. The average molecular weight is 410 g/mol. The molecule has 2 heterocycles. The second-order valence-corrected chi connectivity index (χ2v) is 7.61. The number of likely N-dealkylation sites (N-methyl/N-ethyl adjacent to an activating group) is 1. The summed E-state index contributed by atoms with van der Waals surface area (Å²) in [4.78, 5) is 17.4. The molecule has 1 fully saturated rings. The summed E-state index contributed by atoms with van der Waals surface area (Å²) in [6, 6.07) is 8.72. The van der Waals surface area contributed by atoms with E-state index in [9.17, 15) is 9.90 Å². The van der Waals surface area contributed by atoms with Crippen LogP contribution in [0.3, 0.4) is 0 Å². The first-order chi connectivity index (χ1) is 14.5. The molecule has 0 amide bonds. The van der Waals surface area contributed by atoms with Gasteiger partial charge in [0.2, 0.25) is 5.78 Å². The smallest absolute Gasteiger partial charge is 0.232 e. The topological polar surface area (TPSA) is 71.5 Å². The number of benzene rings is 2. The highest BCUT2D eigenvalue weighted by atomic mass is 16.5. The largest absolute Gasteiger partial charge is 0.508 e. The van der Waals surface area contributed by atoms with Gasteiger partial charge in [-0.1, -0.05) is 12.1 Å². The highest BCUT2D eigenvalue weighted by Crippen LogP contribution is 2.40. The van der Waals surface area contributed by atoms with Gasteiger partial charge in [0, 0.05) is 44.4 Å². The third kappa shape index (κ3) is 3.99. The lowest BCUT2D eigenvalue weighted by molar-refractivity contribution is 0.101. The molecule has 0 bridgehead atoms. The molecule has 0 aliphatic carbocycles. The Labute approximate surface area is 176 Å². The number of methoxy groups -OCH3 is 2. The number of ketones is 1. The van der Waals surface area contributed by atoms with Crippen molar-refractivity contribution in [3.63, 3.8) is 0 Å². The number of piperazine rings is 1. The maximum atomic E-state index is 12.7. The Morgan fingerprint density at radius 1 is 1.07 bits per heavy atom. The fourth-order valence-electron chi connectivity index (χ4n) is 3.72. The van der Waals surface area contributed by atoms with E-state index in [1.165, 1.54) is 14.2 Å². The summed E-state index contributed by atoms with van der Waals surface area (Å²) in [6.07, 6.45) is 1.64. The molecule has 0 saturated carbocycles. The van der Waals surface area contributed by atoms with Crippen molar-refractivity contribution >= 4 is 11.9 Å². The van der Waals surface area contributed by atoms with E-state index < -0.39 is 0 Å². The van der Waals surface area contributed by atoms with Crippen LogP contribution in [0.1, 0.15) is 21.5 Å². The number of hydrogen-bond acceptors (Lipinski definition) is 7. The monoisotopic (exact) mass is 410 g/mol. The van der Waals surface area contributed by atoms with Gasteiger partial charge in [0.05, 0.1) is 19.8 Å². The number of carbonyl (C=O) groups is 1. The number of rotatable bonds is 5. The van der Waals surface area contributed by atoms with Gasteiger partial charge >= 0.3 is 0 Å². The average Bonchev–Trinajstić information content (AvgIpc) is 3.05. The van der Waals surface area contributed by atoms with Crippen molar-refractivity contribution in [1.82, 2.24) is 9.80 Å². The van der Waals surface area contributed by atoms with Gasteiger partial charge in [-0.25, -0.2) is 0 Å². The van der Waals surface area contributed by atoms with Gasteiger partial charge in [-0.3, -0.25) is 9.69 Å². The van der Waals surface area contributed by atoms with Gasteiger partial charge in [0.1, 0.15) is 11.5 Å². The van der Waals surface area contributed by atoms with Crippen molar-refractivity contribution in [2.75, 3.05) is 47.4 Å². The maximum absolute atomic E-state index is 12.7. The SMILES string of the molecule is COc1cc2c(cc1OC)C(=O)/C(=C/c1ccc(CN3CCN(C)CC3)c(O)c1)O2. The number of phenols is 1. The summed E-state index contributed by atoms with van der Waals surface area (Å²) < 4.78 is 16.3. The number of ether oxygens (including phenoxy) is 3. The molecule has 1 N–H and O–H groups in total. The minimum atomic E-state index is -0.230. The molecular formula is C23H26N2O5. The van der Waals surface area contributed by atoms with Gasteiger partial charge in [-0.2, -0.15) is 0 Å². The van der Waals surface area contributed by atoms with Crippen LogP contribution in [-0.2, 0) is 6.54 Å². The summed E-state index contributed by atoms with van der Waals surface area (Å²) >= 11 is 0. The standard InChI is InChI=1S/C23H26N2O5/c1-24-6-8-25(9-7-24)14-16-5-4-15(10-18(16)26)11-22-23(27)17-12-20(28-2)21(29-3)13-19(17)30-22/h4-5,10-13,26H,6-9,14H2,1-3H3/b22-11-. The van der Waals surface area contributed by atoms with Crippen LogP contribution in [0.25, 0.3) is 6.08 Å². The van der Waals surface area contributed by atoms with Crippen LogP contribution in [0, 0.1) is 0 Å². The molecule has 0 aromatic heterocycles. The molecule has 158 valence electrons. The minimum Gasteiger partial charge on any atom is -0.508 e. The van der Waals surface area contributed by atoms with Gasteiger partial charge < -0.3 is 24.2 Å². The number of allylic oxidation sites excluding steroid dienone is 1. The van der Waals surface area contributed by atoms with E-state index in [0.29, 0.717) is 34.9 Å². The Hall–Kier alpha value is -3.03. The predicted molar refractivity (Wildman–Crippen MR) is 113 cm³/mol.